The monoisotopic (exact) mass is 766 g/mol. The summed E-state index contributed by atoms with van der Waals surface area (Å²) in [6.45, 7) is 1.22. The number of carbonyl (C=O) groups excluding carboxylic acids is 1. The van der Waals surface area contributed by atoms with E-state index in [1.807, 2.05) is 0 Å². The molecule has 1 amide bonds. The second-order valence-corrected chi connectivity index (χ2v) is 13.2. The summed E-state index contributed by atoms with van der Waals surface area (Å²) in [5.41, 5.74) is 5.19. The lowest BCUT2D eigenvalue weighted by Crippen LogP contribution is -2.24. The zero-order valence-electron chi connectivity index (χ0n) is 30.7. The van der Waals surface area contributed by atoms with Crippen molar-refractivity contribution in [2.75, 3.05) is 27.3 Å². The maximum atomic E-state index is 14.1. The number of methoxy groups -OCH3 is 2. The molecule has 0 spiro atoms. The molecule has 7 nitrogen and oxygen atoms in total. The van der Waals surface area contributed by atoms with Gasteiger partial charge in [-0.25, -0.2) is 4.98 Å². The van der Waals surface area contributed by atoms with Crippen molar-refractivity contribution in [2.24, 2.45) is 5.73 Å². The Kier molecular flexibility index (Phi) is 13.6. The molecule has 0 bridgehead atoms. The average molecular weight is 767 g/mol. The van der Waals surface area contributed by atoms with E-state index in [4.69, 9.17) is 20.2 Å². The zero-order valence-corrected chi connectivity index (χ0v) is 30.7. The summed E-state index contributed by atoms with van der Waals surface area (Å²) < 4.78 is 96.8. The van der Waals surface area contributed by atoms with E-state index < -0.39 is 23.5 Å². The number of nitrogens with one attached hydrogen (secondary N) is 1. The van der Waals surface area contributed by atoms with Crippen LogP contribution in [0.15, 0.2) is 91.0 Å². The minimum atomic E-state index is -5.06. The highest BCUT2D eigenvalue weighted by molar-refractivity contribution is 5.94. The molecule has 5 aromatic rings. The van der Waals surface area contributed by atoms with Crippen molar-refractivity contribution in [3.8, 4) is 45.4 Å². The Balaban J connectivity index is 1.55. The second kappa shape index (κ2) is 18.4. The van der Waals surface area contributed by atoms with Crippen LogP contribution in [0.1, 0.15) is 72.0 Å². The molecule has 13 heteroatoms. The average Bonchev–Trinajstić information content (AvgIpc) is 3.55. The number of ether oxygens (including phenoxy) is 2. The van der Waals surface area contributed by atoms with Gasteiger partial charge in [-0.05, 0) is 104 Å². The molecule has 5 rings (SSSR count). The number of unbranched alkanes of at least 4 members (excludes halogenated alkanes) is 6. The van der Waals surface area contributed by atoms with Gasteiger partial charge in [0.05, 0.1) is 36.7 Å². The maximum Gasteiger partial charge on any atom is 0.416 e. The molecule has 0 saturated heterocycles. The molecule has 0 saturated carbocycles. The molecule has 55 heavy (non-hydrogen) atoms. The van der Waals surface area contributed by atoms with Gasteiger partial charge in [0.1, 0.15) is 17.3 Å². The van der Waals surface area contributed by atoms with Crippen LogP contribution in [0, 0.1) is 0 Å². The van der Waals surface area contributed by atoms with E-state index in [0.717, 1.165) is 44.9 Å². The highest BCUT2D eigenvalue weighted by atomic mass is 19.4. The fraction of sp³-hybridized carbons (Fsp3) is 0.333. The van der Waals surface area contributed by atoms with Crippen LogP contribution in [0.25, 0.3) is 33.9 Å². The first-order chi connectivity index (χ1) is 26.3. The van der Waals surface area contributed by atoms with Crippen LogP contribution in [0.4, 0.5) is 26.3 Å². The van der Waals surface area contributed by atoms with Gasteiger partial charge < -0.3 is 25.1 Å². The number of alkyl halides is 6. The minimum absolute atomic E-state index is 0.00930. The Morgan fingerprint density at radius 3 is 1.69 bits per heavy atom. The summed E-state index contributed by atoms with van der Waals surface area (Å²) in [7, 11) is 3.00. The van der Waals surface area contributed by atoms with Gasteiger partial charge >= 0.3 is 12.4 Å². The van der Waals surface area contributed by atoms with E-state index in [0.29, 0.717) is 70.4 Å². The maximum absolute atomic E-state index is 14.1. The van der Waals surface area contributed by atoms with E-state index >= 15 is 0 Å². The van der Waals surface area contributed by atoms with Crippen LogP contribution < -0.4 is 20.5 Å². The number of nitrogens with zero attached hydrogens (tertiary/aromatic N) is 2. The SMILES string of the molecule is COc1ccc(-c2nc(-c3cc(C(F)(F)F)cc(C(F)(F)F)c3)n(Cc3ccc(C(=O)NCCCCCCCCCN)cc3)c2-c2ccc(OC)cc2)cc1. The number of carbonyl (C=O) groups is 1. The summed E-state index contributed by atoms with van der Waals surface area (Å²) in [6.07, 6.45) is -2.75. The van der Waals surface area contributed by atoms with E-state index in [2.05, 4.69) is 5.32 Å². The van der Waals surface area contributed by atoms with Crippen LogP contribution >= 0.6 is 0 Å². The first-order valence-corrected chi connectivity index (χ1v) is 18.1. The minimum Gasteiger partial charge on any atom is -0.497 e. The third-order valence-electron chi connectivity index (χ3n) is 9.26. The van der Waals surface area contributed by atoms with E-state index in [1.54, 1.807) is 77.4 Å². The summed E-state index contributed by atoms with van der Waals surface area (Å²) in [5, 5.41) is 2.94. The van der Waals surface area contributed by atoms with E-state index in [-0.39, 0.29) is 29.9 Å². The van der Waals surface area contributed by atoms with Gasteiger partial charge in [0.25, 0.3) is 5.91 Å². The largest absolute Gasteiger partial charge is 0.497 e. The van der Waals surface area contributed by atoms with Crippen molar-refractivity contribution in [3.05, 3.63) is 113 Å². The fourth-order valence-corrected chi connectivity index (χ4v) is 6.30. The Morgan fingerprint density at radius 2 is 1.18 bits per heavy atom. The van der Waals surface area contributed by atoms with Crippen LogP contribution in [-0.4, -0.2) is 42.8 Å². The molecule has 0 radical (unpaired) electrons. The molecular formula is C42H44F6N4O3. The molecule has 0 fully saturated rings. The van der Waals surface area contributed by atoms with Crippen LogP contribution in [-0.2, 0) is 18.9 Å². The number of hydrogen-bond donors (Lipinski definition) is 2. The number of benzene rings is 4. The number of amides is 1. The number of rotatable bonds is 17. The Hall–Kier alpha value is -5.30. The first-order valence-electron chi connectivity index (χ1n) is 18.1. The van der Waals surface area contributed by atoms with Gasteiger partial charge in [-0.3, -0.25) is 4.79 Å². The number of hydrogen-bond acceptors (Lipinski definition) is 5. The number of nitrogens with two attached hydrogens (primary N) is 1. The van der Waals surface area contributed by atoms with Crippen molar-refractivity contribution < 1.29 is 40.6 Å². The van der Waals surface area contributed by atoms with Crippen molar-refractivity contribution in [1.29, 1.82) is 0 Å². The predicted octanol–water partition coefficient (Wildman–Crippen LogP) is 10.4. The van der Waals surface area contributed by atoms with Gasteiger partial charge in [-0.15, -0.1) is 0 Å². The van der Waals surface area contributed by atoms with Crippen LogP contribution in [0.3, 0.4) is 0 Å². The molecule has 0 aliphatic heterocycles. The summed E-state index contributed by atoms with van der Waals surface area (Å²) in [4.78, 5) is 17.7. The summed E-state index contributed by atoms with van der Waals surface area (Å²) in [5.74, 6) is 0.720. The molecule has 292 valence electrons. The normalized spacial score (nSPS) is 11.8. The first kappa shape index (κ1) is 40.9. The van der Waals surface area contributed by atoms with Crippen LogP contribution in [0.2, 0.25) is 0 Å². The van der Waals surface area contributed by atoms with Gasteiger partial charge in [-0.2, -0.15) is 26.3 Å². The second-order valence-electron chi connectivity index (χ2n) is 13.2. The highest BCUT2D eigenvalue weighted by Crippen LogP contribution is 2.42. The molecular weight excluding hydrogens is 722 g/mol. The Bertz CT molecular complexity index is 1970. The van der Waals surface area contributed by atoms with Crippen molar-refractivity contribution in [1.82, 2.24) is 14.9 Å². The van der Waals surface area contributed by atoms with Crippen LogP contribution in [0.5, 0.6) is 11.5 Å². The number of aromatic nitrogens is 2. The number of halogens is 6. The lowest BCUT2D eigenvalue weighted by atomic mass is 10.0. The van der Waals surface area contributed by atoms with E-state index in [1.165, 1.54) is 14.2 Å². The topological polar surface area (TPSA) is 91.4 Å². The standard InChI is InChI=1S/C42H44F6N4O3/c1-54-35-18-14-29(15-19-35)37-38(30-16-20-36(55-2)21-17-30)52(39(51-37)32-24-33(41(43,44)45)26-34(25-32)42(46,47)48)27-28-10-12-31(13-11-28)40(53)50-23-9-7-5-3-4-6-8-22-49/h10-21,24-26H,3-9,22-23,27,49H2,1-2H3,(H,50,53). The zero-order chi connectivity index (χ0) is 39.6. The molecule has 1 aromatic heterocycles. The molecule has 0 aliphatic rings. The third kappa shape index (κ3) is 10.7. The number of imidazole rings is 1. The van der Waals surface area contributed by atoms with E-state index in [9.17, 15) is 31.1 Å². The quantitative estimate of drug-likeness (QED) is 0.0726. The van der Waals surface area contributed by atoms with Crippen molar-refractivity contribution in [3.63, 3.8) is 0 Å². The molecule has 3 N–H and O–H groups in total. The summed E-state index contributed by atoms with van der Waals surface area (Å²) >= 11 is 0. The lowest BCUT2D eigenvalue weighted by molar-refractivity contribution is -0.143. The summed E-state index contributed by atoms with van der Waals surface area (Å²) in [6, 6.07) is 21.8. The Labute approximate surface area is 316 Å². The predicted molar refractivity (Wildman–Crippen MR) is 201 cm³/mol. The van der Waals surface area contributed by atoms with Crippen molar-refractivity contribution in [2.45, 2.75) is 63.8 Å². The molecule has 4 aromatic carbocycles. The van der Waals surface area contributed by atoms with Gasteiger partial charge in [-0.1, -0.05) is 44.2 Å². The molecule has 0 atom stereocenters. The van der Waals surface area contributed by atoms with Gasteiger partial charge in [0.15, 0.2) is 0 Å². The smallest absolute Gasteiger partial charge is 0.416 e. The van der Waals surface area contributed by atoms with Gasteiger partial charge in [0, 0.05) is 35.3 Å². The highest BCUT2D eigenvalue weighted by Gasteiger charge is 2.38. The third-order valence-corrected chi connectivity index (χ3v) is 9.26. The fourth-order valence-electron chi connectivity index (χ4n) is 6.30. The molecule has 1 heterocycles. The van der Waals surface area contributed by atoms with Crippen molar-refractivity contribution >= 4 is 5.91 Å². The molecule has 0 aliphatic carbocycles. The Morgan fingerprint density at radius 1 is 0.673 bits per heavy atom. The lowest BCUT2D eigenvalue weighted by Gasteiger charge is -2.17. The van der Waals surface area contributed by atoms with Gasteiger partial charge in [0.2, 0.25) is 0 Å². The molecule has 0 unspecified atom stereocenters.